The van der Waals surface area contributed by atoms with Crippen molar-refractivity contribution in [3.05, 3.63) is 23.3 Å². The zero-order valence-corrected chi connectivity index (χ0v) is 15.4. The third-order valence-electron chi connectivity index (χ3n) is 3.02. The Morgan fingerprint density at radius 3 is 1.41 bits per heavy atom. The van der Waals surface area contributed by atoms with E-state index in [0.29, 0.717) is 0 Å². The van der Waals surface area contributed by atoms with Crippen LogP contribution in [0.5, 0.6) is 11.5 Å². The van der Waals surface area contributed by atoms with Crippen LogP contribution in [0.25, 0.3) is 0 Å². The molecule has 0 atom stereocenters. The van der Waals surface area contributed by atoms with Gasteiger partial charge in [0.25, 0.3) is 0 Å². The molecule has 2 radical (unpaired) electrons. The molecule has 0 saturated carbocycles. The molecule has 0 aromatic heterocycles. The predicted molar refractivity (Wildman–Crippen MR) is 70.9 cm³/mol. The molecule has 1 aliphatic heterocycles. The van der Waals surface area contributed by atoms with Gasteiger partial charge >= 0.3 is 118 Å². The van der Waals surface area contributed by atoms with Gasteiger partial charge in [0.05, 0.1) is 0 Å². The quantitative estimate of drug-likeness (QED) is 0.590. The fourth-order valence-electron chi connectivity index (χ4n) is 2.05. The van der Waals surface area contributed by atoms with Gasteiger partial charge in [-0.1, -0.05) is 0 Å². The zero-order valence-electron chi connectivity index (χ0n) is 11.5. The number of hydrogen-bond acceptors (Lipinski definition) is 2. The number of benzene rings is 1. The summed E-state index contributed by atoms with van der Waals surface area (Å²) in [4.78, 5) is 0. The van der Waals surface area contributed by atoms with E-state index < -0.39 is 25.1 Å². The summed E-state index contributed by atoms with van der Waals surface area (Å²) in [7, 11) is 0. The van der Waals surface area contributed by atoms with E-state index in [1.165, 1.54) is 11.1 Å². The van der Waals surface area contributed by atoms with E-state index in [2.05, 4.69) is 53.7 Å². The van der Waals surface area contributed by atoms with Gasteiger partial charge in [-0.2, -0.15) is 0 Å². The Morgan fingerprint density at radius 1 is 0.765 bits per heavy atom. The zero-order chi connectivity index (χ0) is 12.8. The number of fused-ring (bicyclic) bond motifs is 1. The van der Waals surface area contributed by atoms with Crippen molar-refractivity contribution in [3.63, 3.8) is 0 Å². The first-order chi connectivity index (χ1) is 7.71. The molecule has 0 N–H and O–H groups in total. The minimum absolute atomic E-state index is 0.109. The molecule has 0 unspecified atom stereocenters. The summed E-state index contributed by atoms with van der Waals surface area (Å²) < 4.78 is 11.7. The van der Waals surface area contributed by atoms with E-state index in [0.717, 1.165) is 11.5 Å². The van der Waals surface area contributed by atoms with Gasteiger partial charge in [-0.05, 0) is 0 Å². The van der Waals surface area contributed by atoms with E-state index in [-0.39, 0.29) is 10.8 Å². The van der Waals surface area contributed by atoms with Crippen LogP contribution in [0.1, 0.15) is 52.7 Å². The van der Waals surface area contributed by atoms with E-state index in [1.807, 2.05) is 0 Å². The molecular weight excluding hydrogens is 407 g/mol. The molecule has 0 spiro atoms. The van der Waals surface area contributed by atoms with Crippen LogP contribution in [0, 0.1) is 0 Å². The molecule has 1 heterocycles. The second-order valence-electron chi connectivity index (χ2n) is 6.61. The second-order valence-corrected chi connectivity index (χ2v) is 8.84. The molecule has 17 heavy (non-hydrogen) atoms. The van der Waals surface area contributed by atoms with Gasteiger partial charge in [0.2, 0.25) is 0 Å². The first-order valence-corrected chi connectivity index (χ1v) is 9.15. The summed E-state index contributed by atoms with van der Waals surface area (Å²) >= 11 is -1.35. The van der Waals surface area contributed by atoms with Crippen LogP contribution in [0.3, 0.4) is 0 Å². The van der Waals surface area contributed by atoms with E-state index in [9.17, 15) is 0 Å². The average Bonchev–Trinajstić information content (AvgIpc) is 2.60. The van der Waals surface area contributed by atoms with Crippen molar-refractivity contribution in [2.24, 2.45) is 0 Å². The van der Waals surface area contributed by atoms with Crippen molar-refractivity contribution in [2.75, 3.05) is 0 Å². The van der Waals surface area contributed by atoms with Crippen molar-refractivity contribution in [1.29, 1.82) is 0 Å². The summed E-state index contributed by atoms with van der Waals surface area (Å²) in [5.41, 5.74) is 2.76. The number of hydrogen-bond donors (Lipinski definition) is 0. The van der Waals surface area contributed by atoms with Crippen molar-refractivity contribution in [1.82, 2.24) is 0 Å². The van der Waals surface area contributed by atoms with Crippen LogP contribution in [0.2, 0.25) is 0 Å². The third-order valence-corrected chi connectivity index (χ3v) is 5.25. The summed E-state index contributed by atoms with van der Waals surface area (Å²) in [5, 5.41) is 0. The fourth-order valence-corrected chi connectivity index (χ4v) is 4.44. The van der Waals surface area contributed by atoms with Crippen LogP contribution in [0.15, 0.2) is 12.1 Å². The first-order valence-electron chi connectivity index (χ1n) is 5.98. The van der Waals surface area contributed by atoms with E-state index in [1.54, 1.807) is 0 Å². The topological polar surface area (TPSA) is 18.5 Å². The molecule has 0 saturated heterocycles. The summed E-state index contributed by atoms with van der Waals surface area (Å²) in [6.45, 7) is 13.3. The molecule has 2 rings (SSSR count). The molecule has 2 nitrogen and oxygen atoms in total. The van der Waals surface area contributed by atoms with E-state index in [4.69, 9.17) is 5.37 Å². The molecule has 1 aromatic rings. The molecule has 0 bridgehead atoms. The Bertz CT molecular complexity index is 398. The second kappa shape index (κ2) is 4.14. The maximum absolute atomic E-state index is 5.86. The number of rotatable bonds is 0. The summed E-state index contributed by atoms with van der Waals surface area (Å²) in [6.07, 6.45) is 0. The molecule has 1 aliphatic rings. The van der Waals surface area contributed by atoms with Gasteiger partial charge < -0.3 is 0 Å². The van der Waals surface area contributed by atoms with Crippen molar-refractivity contribution in [3.8, 4) is 11.5 Å². The summed E-state index contributed by atoms with van der Waals surface area (Å²) in [6, 6.07) is 4.41. The van der Waals surface area contributed by atoms with Crippen molar-refractivity contribution >= 4 is 25.1 Å². The van der Waals surface area contributed by atoms with Gasteiger partial charge in [0, 0.05) is 0 Å². The van der Waals surface area contributed by atoms with Crippen LogP contribution < -0.4 is 5.37 Å². The Kier molecular flexibility index (Phi) is 3.21. The molecule has 92 valence electrons. The molecule has 0 aliphatic carbocycles. The Balaban J connectivity index is 2.62. The Morgan fingerprint density at radius 2 is 1.12 bits per heavy atom. The molecule has 0 fully saturated rings. The molecular formula is C14H20O2Pb. The van der Waals surface area contributed by atoms with Crippen molar-refractivity contribution in [2.45, 2.75) is 52.4 Å². The predicted octanol–water partition coefficient (Wildman–Crippen LogP) is 3.59. The van der Waals surface area contributed by atoms with E-state index >= 15 is 0 Å². The van der Waals surface area contributed by atoms with Crippen LogP contribution in [-0.4, -0.2) is 25.1 Å². The van der Waals surface area contributed by atoms with Gasteiger partial charge in [-0.15, -0.1) is 0 Å². The van der Waals surface area contributed by atoms with Gasteiger partial charge in [-0.25, -0.2) is 0 Å². The first kappa shape index (κ1) is 13.2. The van der Waals surface area contributed by atoms with Crippen molar-refractivity contribution < 1.29 is 5.37 Å². The monoisotopic (exact) mass is 428 g/mol. The average molecular weight is 428 g/mol. The normalized spacial score (nSPS) is 15.2. The van der Waals surface area contributed by atoms with Gasteiger partial charge in [0.15, 0.2) is 0 Å². The van der Waals surface area contributed by atoms with Crippen LogP contribution in [-0.2, 0) is 10.8 Å². The van der Waals surface area contributed by atoms with Gasteiger partial charge in [-0.3, -0.25) is 0 Å². The Labute approximate surface area is 117 Å². The molecule has 0 amide bonds. The molecule has 1 aromatic carbocycles. The SMILES string of the molecule is CC(C)(C)c1ccc(C(C)(C)C)c2c1[O][Pb][O]2. The van der Waals surface area contributed by atoms with Gasteiger partial charge in [0.1, 0.15) is 0 Å². The Hall–Kier alpha value is -0.258. The summed E-state index contributed by atoms with van der Waals surface area (Å²) in [5.74, 6) is 2.04. The third kappa shape index (κ3) is 2.46. The van der Waals surface area contributed by atoms with Crippen LogP contribution >= 0.6 is 0 Å². The maximum atomic E-state index is 5.86. The van der Waals surface area contributed by atoms with Crippen LogP contribution in [0.4, 0.5) is 0 Å². The minimum atomic E-state index is -1.35. The molecule has 3 heteroatoms. The fraction of sp³-hybridized carbons (Fsp3) is 0.571. The standard InChI is InChI=1S/C14H22O2.Pb/c1-13(2,3)9-7-8-10(14(4,5)6)12(16)11(9)15;/h7-8,15-16H,1-6H3;/q;+2/p-2.